The number of methoxy groups -OCH3 is 1. The summed E-state index contributed by atoms with van der Waals surface area (Å²) in [4.78, 5) is 39.4. The molecule has 30 heavy (non-hydrogen) atoms. The zero-order valence-corrected chi connectivity index (χ0v) is 17.4. The van der Waals surface area contributed by atoms with Crippen LogP contribution in [-0.2, 0) is 25.7 Å². The van der Waals surface area contributed by atoms with Crippen LogP contribution >= 0.6 is 0 Å². The number of likely N-dealkylation sites (tertiary alicyclic amines) is 1. The van der Waals surface area contributed by atoms with Crippen molar-refractivity contribution in [1.82, 2.24) is 10.2 Å². The fraction of sp³-hybridized carbons (Fsp3) is 0.375. The molecule has 0 spiro atoms. The summed E-state index contributed by atoms with van der Waals surface area (Å²) in [5.41, 5.74) is 1.95. The average Bonchev–Trinajstić information content (AvgIpc) is 2.76. The third-order valence-corrected chi connectivity index (χ3v) is 5.47. The van der Waals surface area contributed by atoms with E-state index < -0.39 is 5.92 Å². The molecular formula is C24H28N2O4. The molecule has 6 heteroatoms. The number of hydrogen-bond donors (Lipinski definition) is 1. The molecule has 1 N–H and O–H groups in total. The maximum absolute atomic E-state index is 13.2. The first-order chi connectivity index (χ1) is 14.5. The molecule has 2 aromatic rings. The summed E-state index contributed by atoms with van der Waals surface area (Å²) in [6.07, 6.45) is 0.901. The number of ether oxygens (including phenoxy) is 1. The lowest BCUT2D eigenvalue weighted by Gasteiger charge is -2.41. The van der Waals surface area contributed by atoms with Gasteiger partial charge < -0.3 is 15.0 Å². The van der Waals surface area contributed by atoms with Crippen LogP contribution in [0.1, 0.15) is 43.4 Å². The van der Waals surface area contributed by atoms with Crippen molar-refractivity contribution < 1.29 is 19.1 Å². The second kappa shape index (κ2) is 10.1. The molecular weight excluding hydrogens is 380 g/mol. The van der Waals surface area contributed by atoms with Gasteiger partial charge in [0.05, 0.1) is 25.5 Å². The van der Waals surface area contributed by atoms with Gasteiger partial charge >= 0.3 is 5.97 Å². The van der Waals surface area contributed by atoms with Gasteiger partial charge in [-0.15, -0.1) is 0 Å². The molecule has 0 bridgehead atoms. The minimum Gasteiger partial charge on any atom is -0.469 e. The van der Waals surface area contributed by atoms with Gasteiger partial charge in [0.25, 0.3) is 0 Å². The molecule has 158 valence electrons. The highest BCUT2D eigenvalue weighted by Crippen LogP contribution is 2.38. The largest absolute Gasteiger partial charge is 0.469 e. The normalized spacial score (nSPS) is 19.8. The Bertz CT molecular complexity index is 869. The Morgan fingerprint density at radius 3 is 2.37 bits per heavy atom. The SMILES string of the molecule is COC(=O)CC(C)NC(=O)C1CCC(=O)N(Cc2ccccc2)C1c1ccccc1. The minimum atomic E-state index is -0.395. The number of hydrogen-bond acceptors (Lipinski definition) is 4. The van der Waals surface area contributed by atoms with Gasteiger partial charge in [-0.25, -0.2) is 0 Å². The number of piperidine rings is 1. The topological polar surface area (TPSA) is 75.7 Å². The summed E-state index contributed by atoms with van der Waals surface area (Å²) in [6, 6.07) is 18.8. The number of nitrogens with zero attached hydrogens (tertiary/aromatic N) is 1. The van der Waals surface area contributed by atoms with E-state index in [1.807, 2.05) is 65.6 Å². The molecule has 1 fully saturated rings. The van der Waals surface area contributed by atoms with Crippen LogP contribution in [0.3, 0.4) is 0 Å². The Morgan fingerprint density at radius 1 is 1.10 bits per heavy atom. The summed E-state index contributed by atoms with van der Waals surface area (Å²) in [5, 5.41) is 2.94. The van der Waals surface area contributed by atoms with E-state index >= 15 is 0 Å². The maximum Gasteiger partial charge on any atom is 0.307 e. The Labute approximate surface area is 177 Å². The number of benzene rings is 2. The van der Waals surface area contributed by atoms with Crippen molar-refractivity contribution in [2.45, 2.75) is 44.8 Å². The molecule has 1 heterocycles. The van der Waals surface area contributed by atoms with Gasteiger partial charge in [-0.2, -0.15) is 0 Å². The quantitative estimate of drug-likeness (QED) is 0.714. The molecule has 3 unspecified atom stereocenters. The van der Waals surface area contributed by atoms with Gasteiger partial charge in [0, 0.05) is 19.0 Å². The molecule has 1 aliphatic rings. The van der Waals surface area contributed by atoms with Crippen molar-refractivity contribution in [3.05, 3.63) is 71.8 Å². The van der Waals surface area contributed by atoms with Gasteiger partial charge in [0.1, 0.15) is 0 Å². The second-order valence-electron chi connectivity index (χ2n) is 7.70. The molecule has 2 amide bonds. The zero-order chi connectivity index (χ0) is 21.5. The van der Waals surface area contributed by atoms with E-state index in [9.17, 15) is 14.4 Å². The van der Waals surface area contributed by atoms with Crippen molar-refractivity contribution in [2.24, 2.45) is 5.92 Å². The van der Waals surface area contributed by atoms with E-state index in [4.69, 9.17) is 4.74 Å². The highest BCUT2D eigenvalue weighted by Gasteiger charge is 2.40. The first-order valence-electron chi connectivity index (χ1n) is 10.2. The summed E-state index contributed by atoms with van der Waals surface area (Å²) in [5.74, 6) is -0.869. The van der Waals surface area contributed by atoms with Crippen LogP contribution in [0, 0.1) is 5.92 Å². The van der Waals surface area contributed by atoms with Crippen LogP contribution in [-0.4, -0.2) is 35.8 Å². The average molecular weight is 408 g/mol. The van der Waals surface area contributed by atoms with Crippen LogP contribution in [0.2, 0.25) is 0 Å². The zero-order valence-electron chi connectivity index (χ0n) is 17.4. The molecule has 1 aliphatic heterocycles. The number of rotatable bonds is 7. The predicted octanol–water partition coefficient (Wildman–Crippen LogP) is 3.23. The Hall–Kier alpha value is -3.15. The maximum atomic E-state index is 13.2. The number of nitrogens with one attached hydrogen (secondary N) is 1. The lowest BCUT2D eigenvalue weighted by atomic mass is 9.83. The van der Waals surface area contributed by atoms with E-state index in [1.54, 1.807) is 6.92 Å². The van der Waals surface area contributed by atoms with Crippen LogP contribution in [0.15, 0.2) is 60.7 Å². The third kappa shape index (κ3) is 5.26. The molecule has 3 atom stereocenters. The van der Waals surface area contributed by atoms with E-state index in [-0.39, 0.29) is 36.3 Å². The predicted molar refractivity (Wildman–Crippen MR) is 113 cm³/mol. The van der Waals surface area contributed by atoms with Crippen molar-refractivity contribution in [3.63, 3.8) is 0 Å². The van der Waals surface area contributed by atoms with Crippen LogP contribution in [0.25, 0.3) is 0 Å². The van der Waals surface area contributed by atoms with Crippen molar-refractivity contribution >= 4 is 17.8 Å². The fourth-order valence-corrected chi connectivity index (χ4v) is 3.99. The standard InChI is InChI=1S/C24H28N2O4/c1-17(15-22(28)30-2)25-24(29)20-13-14-21(27)26(16-18-9-5-3-6-10-18)23(20)19-11-7-4-8-12-19/h3-12,17,20,23H,13-16H2,1-2H3,(H,25,29). The molecule has 0 saturated carbocycles. The lowest BCUT2D eigenvalue weighted by Crippen LogP contribution is -2.49. The molecule has 0 aliphatic carbocycles. The number of carbonyl (C=O) groups excluding carboxylic acids is 3. The molecule has 6 nitrogen and oxygen atoms in total. The molecule has 1 saturated heterocycles. The van der Waals surface area contributed by atoms with Gasteiger partial charge in [-0.3, -0.25) is 14.4 Å². The van der Waals surface area contributed by atoms with Crippen LogP contribution in [0.4, 0.5) is 0 Å². The number of esters is 1. The van der Waals surface area contributed by atoms with Crippen molar-refractivity contribution in [2.75, 3.05) is 7.11 Å². The number of amides is 2. The van der Waals surface area contributed by atoms with Crippen LogP contribution in [0.5, 0.6) is 0 Å². The van der Waals surface area contributed by atoms with Gasteiger partial charge in [0.15, 0.2) is 0 Å². The molecule has 0 aromatic heterocycles. The summed E-state index contributed by atoms with van der Waals surface area (Å²) < 4.78 is 4.69. The van der Waals surface area contributed by atoms with Crippen molar-refractivity contribution in [3.8, 4) is 0 Å². The van der Waals surface area contributed by atoms with Gasteiger partial charge in [0.2, 0.25) is 11.8 Å². The number of carbonyl (C=O) groups is 3. The summed E-state index contributed by atoms with van der Waals surface area (Å²) in [7, 11) is 1.33. The summed E-state index contributed by atoms with van der Waals surface area (Å²) in [6.45, 7) is 2.22. The molecule has 0 radical (unpaired) electrons. The van der Waals surface area contributed by atoms with Gasteiger partial charge in [-0.1, -0.05) is 60.7 Å². The lowest BCUT2D eigenvalue weighted by molar-refractivity contribution is -0.144. The Balaban J connectivity index is 1.86. The Morgan fingerprint density at radius 2 is 1.73 bits per heavy atom. The Kier molecular flexibility index (Phi) is 7.22. The van der Waals surface area contributed by atoms with E-state index in [0.717, 1.165) is 11.1 Å². The van der Waals surface area contributed by atoms with E-state index in [2.05, 4.69) is 5.32 Å². The minimum absolute atomic E-state index is 0.0411. The van der Waals surface area contributed by atoms with E-state index in [0.29, 0.717) is 19.4 Å². The van der Waals surface area contributed by atoms with Gasteiger partial charge in [-0.05, 0) is 24.5 Å². The third-order valence-electron chi connectivity index (χ3n) is 5.47. The van der Waals surface area contributed by atoms with Crippen molar-refractivity contribution in [1.29, 1.82) is 0 Å². The second-order valence-corrected chi connectivity index (χ2v) is 7.70. The molecule has 2 aromatic carbocycles. The fourth-order valence-electron chi connectivity index (χ4n) is 3.99. The van der Waals surface area contributed by atoms with Crippen LogP contribution < -0.4 is 5.32 Å². The molecule has 3 rings (SSSR count). The summed E-state index contributed by atoms with van der Waals surface area (Å²) >= 11 is 0. The highest BCUT2D eigenvalue weighted by atomic mass is 16.5. The monoisotopic (exact) mass is 408 g/mol. The first kappa shape index (κ1) is 21.6. The highest BCUT2D eigenvalue weighted by molar-refractivity contribution is 5.85. The van der Waals surface area contributed by atoms with E-state index in [1.165, 1.54) is 7.11 Å². The first-order valence-corrected chi connectivity index (χ1v) is 10.2. The smallest absolute Gasteiger partial charge is 0.307 e.